The van der Waals surface area contributed by atoms with Crippen LogP contribution in [0.3, 0.4) is 0 Å². The summed E-state index contributed by atoms with van der Waals surface area (Å²) in [6.07, 6.45) is 88.5. The average molecular weight is 1160 g/mol. The fourth-order valence-corrected chi connectivity index (χ4v) is 9.69. The highest BCUT2D eigenvalue weighted by molar-refractivity contribution is 7.47. The van der Waals surface area contributed by atoms with Crippen molar-refractivity contribution in [2.75, 3.05) is 47.5 Å². The molecule has 0 aromatic carbocycles. The van der Waals surface area contributed by atoms with E-state index in [0.717, 1.165) is 103 Å². The van der Waals surface area contributed by atoms with Crippen molar-refractivity contribution in [2.24, 2.45) is 0 Å². The third-order valence-corrected chi connectivity index (χ3v) is 15.0. The predicted octanol–water partition coefficient (Wildman–Crippen LogP) is 21.5. The zero-order valence-corrected chi connectivity index (χ0v) is 54.3. The van der Waals surface area contributed by atoms with Crippen LogP contribution in [0.1, 0.15) is 271 Å². The van der Waals surface area contributed by atoms with Crippen LogP contribution in [-0.2, 0) is 32.7 Å². The molecule has 9 nitrogen and oxygen atoms in total. The number of rotatable bonds is 60. The normalized spacial score (nSPS) is 14.0. The second kappa shape index (κ2) is 62.0. The van der Waals surface area contributed by atoms with Gasteiger partial charge in [0.25, 0.3) is 0 Å². The van der Waals surface area contributed by atoms with Gasteiger partial charge in [-0.15, -0.1) is 0 Å². The Morgan fingerprint density at radius 1 is 0.378 bits per heavy atom. The minimum Gasteiger partial charge on any atom is -0.462 e. The van der Waals surface area contributed by atoms with E-state index in [9.17, 15) is 19.0 Å². The topological polar surface area (TPSA) is 108 Å². The van der Waals surface area contributed by atoms with E-state index in [0.29, 0.717) is 17.4 Å². The molecule has 2 unspecified atom stereocenters. The van der Waals surface area contributed by atoms with Gasteiger partial charge in [-0.3, -0.25) is 18.6 Å². The second-order valence-corrected chi connectivity index (χ2v) is 24.5. The standard InChI is InChI=1S/C72H124NO8P/c1-6-8-10-12-14-16-18-20-22-24-26-28-30-32-34-35-36-37-39-41-43-45-47-49-51-53-55-57-59-61-63-65-72(75)81-70(69-80-82(76,77)79-67-66-73(3,4)5)68-78-71(74)64-62-60-58-56-54-52-50-48-46-44-42-40-38-33-31-29-27-25-23-21-19-17-15-13-11-9-7-2/h8-11,14-17,20-23,26-29,32,34,36-37,70H,6-7,12-13,18-19,24-25,30-31,33,35,38-69H2,1-5H3/p+1/b10-8-,11-9-,16-14-,17-15-,22-20-,23-21-,28-26-,29-27-,34-32-,37-36-. The number of allylic oxidation sites excluding steroid dienone is 20. The molecule has 0 rings (SSSR count). The van der Waals surface area contributed by atoms with E-state index in [1.54, 1.807) is 0 Å². The van der Waals surface area contributed by atoms with Crippen molar-refractivity contribution in [3.8, 4) is 0 Å². The van der Waals surface area contributed by atoms with Gasteiger partial charge in [0.05, 0.1) is 27.7 Å². The van der Waals surface area contributed by atoms with Gasteiger partial charge in [0, 0.05) is 12.8 Å². The summed E-state index contributed by atoms with van der Waals surface area (Å²) in [7, 11) is 1.47. The Balaban J connectivity index is 4.10. The number of unbranched alkanes of at least 4 members (excludes halogenated alkanes) is 26. The lowest BCUT2D eigenvalue weighted by Crippen LogP contribution is -2.37. The van der Waals surface area contributed by atoms with E-state index in [4.69, 9.17) is 18.5 Å². The maximum Gasteiger partial charge on any atom is 0.472 e. The van der Waals surface area contributed by atoms with E-state index in [2.05, 4.69) is 135 Å². The molecule has 0 fully saturated rings. The van der Waals surface area contributed by atoms with E-state index < -0.39 is 26.5 Å². The second-order valence-electron chi connectivity index (χ2n) is 23.1. The van der Waals surface area contributed by atoms with Gasteiger partial charge in [0.2, 0.25) is 0 Å². The number of quaternary nitrogens is 1. The number of esters is 2. The first-order chi connectivity index (χ1) is 40.0. The smallest absolute Gasteiger partial charge is 0.462 e. The van der Waals surface area contributed by atoms with Gasteiger partial charge >= 0.3 is 19.8 Å². The molecule has 2 atom stereocenters. The van der Waals surface area contributed by atoms with Crippen LogP contribution in [0, 0.1) is 0 Å². The summed E-state index contributed by atoms with van der Waals surface area (Å²) in [4.78, 5) is 35.9. The zero-order chi connectivity index (χ0) is 59.8. The number of phosphoric acid groups is 1. The lowest BCUT2D eigenvalue weighted by molar-refractivity contribution is -0.870. The fourth-order valence-electron chi connectivity index (χ4n) is 8.95. The predicted molar refractivity (Wildman–Crippen MR) is 353 cm³/mol. The van der Waals surface area contributed by atoms with E-state index in [-0.39, 0.29) is 32.0 Å². The van der Waals surface area contributed by atoms with Crippen molar-refractivity contribution in [1.29, 1.82) is 0 Å². The summed E-state index contributed by atoms with van der Waals surface area (Å²) in [5.74, 6) is -0.800. The lowest BCUT2D eigenvalue weighted by Gasteiger charge is -2.24. The highest BCUT2D eigenvalue weighted by atomic mass is 31.2. The molecule has 0 radical (unpaired) electrons. The van der Waals surface area contributed by atoms with E-state index in [1.165, 1.54) is 135 Å². The van der Waals surface area contributed by atoms with Gasteiger partial charge in [-0.05, 0) is 103 Å². The molecule has 10 heteroatoms. The largest absolute Gasteiger partial charge is 0.472 e. The molecule has 1 N–H and O–H groups in total. The van der Waals surface area contributed by atoms with Gasteiger partial charge in [0.15, 0.2) is 6.10 Å². The summed E-state index contributed by atoms with van der Waals surface area (Å²) in [5.41, 5.74) is 0. The first-order valence-corrected chi connectivity index (χ1v) is 34.8. The van der Waals surface area contributed by atoms with Crippen molar-refractivity contribution in [1.82, 2.24) is 0 Å². The molecule has 0 saturated heterocycles. The third-order valence-electron chi connectivity index (χ3n) is 14.0. The molecule has 0 saturated carbocycles. The van der Waals surface area contributed by atoms with Crippen LogP contribution < -0.4 is 0 Å². The monoisotopic (exact) mass is 1160 g/mol. The lowest BCUT2D eigenvalue weighted by atomic mass is 10.0. The number of hydrogen-bond donors (Lipinski definition) is 1. The van der Waals surface area contributed by atoms with Crippen molar-refractivity contribution in [3.63, 3.8) is 0 Å². The molecule has 0 amide bonds. The molecule has 0 aromatic rings. The van der Waals surface area contributed by atoms with Gasteiger partial charge in [-0.25, -0.2) is 4.57 Å². The van der Waals surface area contributed by atoms with Gasteiger partial charge in [0.1, 0.15) is 19.8 Å². The molecule has 0 heterocycles. The Bertz CT molecular complexity index is 1800. The molecule has 0 aliphatic rings. The Hall–Kier alpha value is -3.59. The number of ether oxygens (including phenoxy) is 2. The van der Waals surface area contributed by atoms with Crippen LogP contribution in [0.5, 0.6) is 0 Å². The Kier molecular flexibility index (Phi) is 59.2. The number of carbonyl (C=O) groups is 2. The SMILES string of the molecule is CC/C=C\C/C=C\C/C=C\C/C=C\C/C=C\C/C=C\CCCCCCCCCCCCCCC(=O)OC(COC(=O)CCCCCCCCCCCCCCCC/C=C\C/C=C\C/C=C\C/C=C\CC)COP(=O)(O)OCC[N+](C)(C)C. The third kappa shape index (κ3) is 65.6. The summed E-state index contributed by atoms with van der Waals surface area (Å²) in [6.45, 7) is 4.22. The van der Waals surface area contributed by atoms with Gasteiger partial charge in [-0.2, -0.15) is 0 Å². The summed E-state index contributed by atoms with van der Waals surface area (Å²) in [5, 5.41) is 0. The highest BCUT2D eigenvalue weighted by Gasteiger charge is 2.27. The molecular formula is C72H125NO8P+. The van der Waals surface area contributed by atoms with Gasteiger partial charge in [-0.1, -0.05) is 277 Å². The summed E-state index contributed by atoms with van der Waals surface area (Å²) in [6, 6.07) is 0. The fraction of sp³-hybridized carbons (Fsp3) is 0.694. The van der Waals surface area contributed by atoms with Crippen LogP contribution in [0.2, 0.25) is 0 Å². The van der Waals surface area contributed by atoms with Crippen molar-refractivity contribution in [2.45, 2.75) is 277 Å². The Morgan fingerprint density at radius 3 is 0.976 bits per heavy atom. The van der Waals surface area contributed by atoms with Crippen molar-refractivity contribution < 1.29 is 42.1 Å². The Morgan fingerprint density at radius 2 is 0.659 bits per heavy atom. The molecule has 0 aliphatic heterocycles. The average Bonchev–Trinajstić information content (AvgIpc) is 3.46. The minimum absolute atomic E-state index is 0.0266. The van der Waals surface area contributed by atoms with Crippen LogP contribution in [0.15, 0.2) is 122 Å². The van der Waals surface area contributed by atoms with Crippen LogP contribution in [0.4, 0.5) is 0 Å². The number of hydrogen-bond acceptors (Lipinski definition) is 7. The first kappa shape index (κ1) is 78.4. The maximum absolute atomic E-state index is 12.9. The number of nitrogens with zero attached hydrogens (tertiary/aromatic N) is 1. The highest BCUT2D eigenvalue weighted by Crippen LogP contribution is 2.43. The zero-order valence-electron chi connectivity index (χ0n) is 53.4. The molecule has 0 aromatic heterocycles. The van der Waals surface area contributed by atoms with Crippen LogP contribution in [-0.4, -0.2) is 74.9 Å². The van der Waals surface area contributed by atoms with Crippen molar-refractivity contribution >= 4 is 19.8 Å². The Labute approximate surface area is 505 Å². The van der Waals surface area contributed by atoms with Crippen molar-refractivity contribution in [3.05, 3.63) is 122 Å². The number of phosphoric ester groups is 1. The quantitative estimate of drug-likeness (QED) is 0.0211. The van der Waals surface area contributed by atoms with Gasteiger partial charge < -0.3 is 18.9 Å². The summed E-state index contributed by atoms with van der Waals surface area (Å²) < 4.78 is 34.7. The molecule has 0 spiro atoms. The molecule has 470 valence electrons. The summed E-state index contributed by atoms with van der Waals surface area (Å²) >= 11 is 0. The van der Waals surface area contributed by atoms with E-state index in [1.807, 2.05) is 21.1 Å². The van der Waals surface area contributed by atoms with Crippen LogP contribution in [0.25, 0.3) is 0 Å². The maximum atomic E-state index is 12.9. The first-order valence-electron chi connectivity index (χ1n) is 33.3. The minimum atomic E-state index is -4.40. The van der Waals surface area contributed by atoms with E-state index >= 15 is 0 Å². The van der Waals surface area contributed by atoms with Crippen LogP contribution >= 0.6 is 7.82 Å². The molecule has 0 aliphatic carbocycles. The number of likely N-dealkylation sites (N-methyl/N-ethyl adjacent to an activating group) is 1. The molecular weight excluding hydrogens is 1040 g/mol. The molecule has 82 heavy (non-hydrogen) atoms. The molecule has 0 bridgehead atoms. The number of carbonyl (C=O) groups excluding carboxylic acids is 2.